The first-order valence-electron chi connectivity index (χ1n) is 5.90. The van der Waals surface area contributed by atoms with Crippen molar-refractivity contribution in [2.24, 2.45) is 0 Å². The Morgan fingerprint density at radius 3 is 3.11 bits per heavy atom. The molecule has 0 amide bonds. The molecule has 3 rings (SSSR count). The normalized spacial score (nSPS) is 17.8. The van der Waals surface area contributed by atoms with E-state index < -0.39 is 0 Å². The lowest BCUT2D eigenvalue weighted by Crippen LogP contribution is -2.10. The molecule has 0 aliphatic heterocycles. The number of aromatic nitrogens is 1. The first-order chi connectivity index (χ1) is 8.68. The Labute approximate surface area is 115 Å². The van der Waals surface area contributed by atoms with Crippen molar-refractivity contribution in [3.8, 4) is 0 Å². The molecule has 2 nitrogen and oxygen atoms in total. The zero-order valence-corrected chi connectivity index (χ0v) is 11.5. The van der Waals surface area contributed by atoms with Crippen molar-refractivity contribution in [1.82, 2.24) is 4.98 Å². The number of aryl methyl sites for hydroxylation is 2. The van der Waals surface area contributed by atoms with Gasteiger partial charge < -0.3 is 0 Å². The van der Waals surface area contributed by atoms with Crippen molar-refractivity contribution in [2.75, 3.05) is 0 Å². The number of hydrogen-bond acceptors (Lipinski definition) is 3. The van der Waals surface area contributed by atoms with Crippen molar-refractivity contribution in [3.05, 3.63) is 50.4 Å². The van der Waals surface area contributed by atoms with Crippen LogP contribution in [0.4, 0.5) is 0 Å². The highest BCUT2D eigenvalue weighted by Crippen LogP contribution is 2.37. The van der Waals surface area contributed by atoms with E-state index in [0.29, 0.717) is 9.90 Å². The monoisotopic (exact) mass is 277 g/mol. The van der Waals surface area contributed by atoms with E-state index in [9.17, 15) is 4.79 Å². The van der Waals surface area contributed by atoms with Crippen LogP contribution in [-0.2, 0) is 6.42 Å². The summed E-state index contributed by atoms with van der Waals surface area (Å²) in [5, 5.41) is 2.54. The molecule has 1 atom stereocenters. The number of carbonyl (C=O) groups excluding carboxylic acids is 1. The summed E-state index contributed by atoms with van der Waals surface area (Å²) >= 11 is 7.61. The van der Waals surface area contributed by atoms with Gasteiger partial charge in [-0.15, -0.1) is 11.3 Å². The Morgan fingerprint density at radius 2 is 2.39 bits per heavy atom. The molecule has 0 aromatic carbocycles. The van der Waals surface area contributed by atoms with Crippen LogP contribution in [0.25, 0.3) is 0 Å². The maximum Gasteiger partial charge on any atom is 0.183 e. The second-order valence-electron chi connectivity index (χ2n) is 4.57. The number of pyridine rings is 1. The Kier molecular flexibility index (Phi) is 2.96. The molecule has 1 unspecified atom stereocenters. The molecule has 4 heteroatoms. The van der Waals surface area contributed by atoms with Gasteiger partial charge in [0.1, 0.15) is 0 Å². The minimum absolute atomic E-state index is 0.114. The van der Waals surface area contributed by atoms with Gasteiger partial charge in [-0.1, -0.05) is 17.7 Å². The van der Waals surface area contributed by atoms with Gasteiger partial charge in [0, 0.05) is 6.20 Å². The summed E-state index contributed by atoms with van der Waals surface area (Å²) in [6.07, 6.45) is 3.53. The van der Waals surface area contributed by atoms with Gasteiger partial charge in [0.15, 0.2) is 5.78 Å². The van der Waals surface area contributed by atoms with Gasteiger partial charge in [-0.05, 0) is 42.3 Å². The van der Waals surface area contributed by atoms with Crippen LogP contribution in [0.2, 0.25) is 5.02 Å². The summed E-state index contributed by atoms with van der Waals surface area (Å²) in [5.74, 6) is 0.00676. The molecule has 0 saturated heterocycles. The van der Waals surface area contributed by atoms with Crippen LogP contribution in [0, 0.1) is 6.92 Å². The van der Waals surface area contributed by atoms with E-state index in [1.54, 1.807) is 6.20 Å². The number of Topliss-reactive ketones (excluding diaryl/α,β-unsaturated/α-hetero) is 1. The summed E-state index contributed by atoms with van der Waals surface area (Å²) in [6.45, 7) is 1.93. The fraction of sp³-hybridized carbons (Fsp3) is 0.286. The number of halogens is 1. The van der Waals surface area contributed by atoms with Crippen molar-refractivity contribution < 1.29 is 4.79 Å². The van der Waals surface area contributed by atoms with E-state index in [1.165, 1.54) is 16.9 Å². The molecule has 1 aliphatic carbocycles. The first-order valence-corrected chi connectivity index (χ1v) is 7.16. The second-order valence-corrected chi connectivity index (χ2v) is 5.82. The first kappa shape index (κ1) is 11.9. The number of fused-ring (bicyclic) bond motifs is 1. The van der Waals surface area contributed by atoms with Crippen LogP contribution in [-0.4, -0.2) is 10.8 Å². The molecular weight excluding hydrogens is 266 g/mol. The quantitative estimate of drug-likeness (QED) is 0.776. The maximum atomic E-state index is 12.5. The van der Waals surface area contributed by atoms with Crippen LogP contribution >= 0.6 is 22.9 Å². The van der Waals surface area contributed by atoms with Gasteiger partial charge in [-0.2, -0.15) is 0 Å². The van der Waals surface area contributed by atoms with E-state index in [-0.39, 0.29) is 11.7 Å². The van der Waals surface area contributed by atoms with Gasteiger partial charge in [-0.25, -0.2) is 0 Å². The van der Waals surface area contributed by atoms with Crippen molar-refractivity contribution in [2.45, 2.75) is 25.7 Å². The Bertz CT molecular complexity index is 620. The Morgan fingerprint density at radius 1 is 1.56 bits per heavy atom. The Balaban J connectivity index is 1.98. The molecule has 0 saturated carbocycles. The molecule has 0 bridgehead atoms. The fourth-order valence-corrected chi connectivity index (χ4v) is 3.70. The third-order valence-corrected chi connectivity index (χ3v) is 5.11. The largest absolute Gasteiger partial charge is 0.292 e. The molecule has 0 fully saturated rings. The second kappa shape index (κ2) is 4.48. The van der Waals surface area contributed by atoms with E-state index in [4.69, 9.17) is 11.6 Å². The maximum absolute atomic E-state index is 12.5. The molecule has 1 aliphatic rings. The zero-order chi connectivity index (χ0) is 12.7. The molecule has 2 aromatic rings. The number of ketones is 1. The zero-order valence-electron chi connectivity index (χ0n) is 9.94. The van der Waals surface area contributed by atoms with Gasteiger partial charge in [0.2, 0.25) is 0 Å². The smallest absolute Gasteiger partial charge is 0.183 e. The SMILES string of the molecule is Cc1csc(C(=O)C2CCc3cccnc32)c1Cl. The van der Waals surface area contributed by atoms with Crippen LogP contribution in [0.5, 0.6) is 0 Å². The molecule has 0 spiro atoms. The van der Waals surface area contributed by atoms with E-state index in [1.807, 2.05) is 18.4 Å². The average molecular weight is 278 g/mol. The number of thiophene rings is 1. The highest BCUT2D eigenvalue weighted by Gasteiger charge is 2.32. The van der Waals surface area contributed by atoms with E-state index in [0.717, 1.165) is 24.1 Å². The minimum Gasteiger partial charge on any atom is -0.292 e. The number of rotatable bonds is 2. The molecule has 0 N–H and O–H groups in total. The predicted molar refractivity (Wildman–Crippen MR) is 73.7 cm³/mol. The number of carbonyl (C=O) groups is 1. The highest BCUT2D eigenvalue weighted by atomic mass is 35.5. The minimum atomic E-state index is -0.114. The summed E-state index contributed by atoms with van der Waals surface area (Å²) < 4.78 is 0. The standard InChI is InChI=1S/C14H12ClNOS/c1-8-7-18-14(11(8)15)13(17)10-5-4-9-3-2-6-16-12(9)10/h2-3,6-7,10H,4-5H2,1H3. The van der Waals surface area contributed by atoms with Gasteiger partial charge in [-0.3, -0.25) is 9.78 Å². The Hall–Kier alpha value is -1.19. The lowest BCUT2D eigenvalue weighted by molar-refractivity contribution is 0.0962. The van der Waals surface area contributed by atoms with Crippen LogP contribution in [0.1, 0.15) is 38.8 Å². The fourth-order valence-electron chi connectivity index (χ4n) is 2.42. The van der Waals surface area contributed by atoms with Crippen LogP contribution in [0.3, 0.4) is 0 Å². The molecule has 2 heterocycles. The van der Waals surface area contributed by atoms with E-state index >= 15 is 0 Å². The molecule has 18 heavy (non-hydrogen) atoms. The summed E-state index contributed by atoms with van der Waals surface area (Å²) in [7, 11) is 0. The third-order valence-electron chi connectivity index (χ3n) is 3.40. The summed E-state index contributed by atoms with van der Waals surface area (Å²) in [4.78, 5) is 17.6. The predicted octanol–water partition coefficient (Wildman–Crippen LogP) is 4.02. The highest BCUT2D eigenvalue weighted by molar-refractivity contribution is 7.13. The molecule has 0 radical (unpaired) electrons. The third kappa shape index (κ3) is 1.78. The van der Waals surface area contributed by atoms with Gasteiger partial charge in [0.05, 0.1) is 21.5 Å². The summed E-state index contributed by atoms with van der Waals surface area (Å²) in [6, 6.07) is 3.98. The van der Waals surface area contributed by atoms with E-state index in [2.05, 4.69) is 11.1 Å². The lowest BCUT2D eigenvalue weighted by Gasteiger charge is -2.08. The van der Waals surface area contributed by atoms with Crippen molar-refractivity contribution in [3.63, 3.8) is 0 Å². The van der Waals surface area contributed by atoms with Crippen LogP contribution < -0.4 is 0 Å². The van der Waals surface area contributed by atoms with Gasteiger partial charge in [0.25, 0.3) is 0 Å². The average Bonchev–Trinajstić information content (AvgIpc) is 2.94. The molecule has 2 aromatic heterocycles. The van der Waals surface area contributed by atoms with Crippen LogP contribution in [0.15, 0.2) is 23.7 Å². The van der Waals surface area contributed by atoms with Crippen molar-refractivity contribution >= 4 is 28.7 Å². The van der Waals surface area contributed by atoms with Crippen molar-refractivity contribution in [1.29, 1.82) is 0 Å². The number of nitrogens with zero attached hydrogens (tertiary/aromatic N) is 1. The topological polar surface area (TPSA) is 30.0 Å². The number of hydrogen-bond donors (Lipinski definition) is 0. The van der Waals surface area contributed by atoms with Gasteiger partial charge >= 0.3 is 0 Å². The lowest BCUT2D eigenvalue weighted by atomic mass is 10.00. The summed E-state index contributed by atoms with van der Waals surface area (Å²) in [5.41, 5.74) is 3.11. The molecular formula is C14H12ClNOS. The molecule has 92 valence electrons.